The molecule has 3 atom stereocenters. The summed E-state index contributed by atoms with van der Waals surface area (Å²) in [5.41, 5.74) is 1.81. The number of nitrogens with zero attached hydrogens (tertiary/aromatic N) is 2. The summed E-state index contributed by atoms with van der Waals surface area (Å²) in [4.78, 5) is 0. The second-order valence-corrected chi connectivity index (χ2v) is 6.28. The highest BCUT2D eigenvalue weighted by Gasteiger charge is 2.33. The Hall–Kier alpha value is -0.130. The zero-order valence-electron chi connectivity index (χ0n) is 9.14. The van der Waals surface area contributed by atoms with Crippen molar-refractivity contribution in [1.29, 1.82) is 0 Å². The maximum atomic E-state index is 4.10. The first-order valence-electron chi connectivity index (χ1n) is 5.47. The molecule has 1 aromatic rings. The SMILES string of the molecule is CCNC1CCC(Sc2nncs2)C1C. The second-order valence-electron chi connectivity index (χ2n) is 3.96. The Kier molecular flexibility index (Phi) is 3.99. The van der Waals surface area contributed by atoms with Gasteiger partial charge in [-0.15, -0.1) is 10.2 Å². The summed E-state index contributed by atoms with van der Waals surface area (Å²) in [5, 5.41) is 12.2. The summed E-state index contributed by atoms with van der Waals surface area (Å²) < 4.78 is 1.11. The van der Waals surface area contributed by atoms with Gasteiger partial charge < -0.3 is 5.32 Å². The van der Waals surface area contributed by atoms with Gasteiger partial charge in [0, 0.05) is 11.3 Å². The van der Waals surface area contributed by atoms with E-state index < -0.39 is 0 Å². The lowest BCUT2D eigenvalue weighted by Crippen LogP contribution is -2.32. The highest BCUT2D eigenvalue weighted by atomic mass is 32.2. The smallest absolute Gasteiger partial charge is 0.174 e. The molecular weight excluding hydrogens is 226 g/mol. The van der Waals surface area contributed by atoms with Crippen LogP contribution in [0.1, 0.15) is 26.7 Å². The van der Waals surface area contributed by atoms with Crippen LogP contribution < -0.4 is 5.32 Å². The molecule has 3 nitrogen and oxygen atoms in total. The Bertz CT molecular complexity index is 289. The van der Waals surface area contributed by atoms with E-state index in [2.05, 4.69) is 29.4 Å². The molecule has 0 bridgehead atoms. The average Bonchev–Trinajstić information content (AvgIpc) is 2.83. The van der Waals surface area contributed by atoms with Gasteiger partial charge in [-0.2, -0.15) is 0 Å². The molecule has 0 radical (unpaired) electrons. The number of thioether (sulfide) groups is 1. The zero-order valence-corrected chi connectivity index (χ0v) is 10.8. The third-order valence-corrected chi connectivity index (χ3v) is 5.35. The summed E-state index contributed by atoms with van der Waals surface area (Å²) in [5.74, 6) is 0.735. The molecule has 0 spiro atoms. The number of aromatic nitrogens is 2. The monoisotopic (exact) mass is 243 g/mol. The lowest BCUT2D eigenvalue weighted by atomic mass is 10.1. The van der Waals surface area contributed by atoms with Crippen LogP contribution in [0.5, 0.6) is 0 Å². The van der Waals surface area contributed by atoms with Crippen molar-refractivity contribution >= 4 is 23.1 Å². The zero-order chi connectivity index (χ0) is 10.7. The molecule has 0 saturated heterocycles. The minimum Gasteiger partial charge on any atom is -0.314 e. The average molecular weight is 243 g/mol. The Morgan fingerprint density at radius 3 is 3.13 bits per heavy atom. The summed E-state index contributed by atoms with van der Waals surface area (Å²) >= 11 is 3.55. The number of nitrogens with one attached hydrogen (secondary N) is 1. The van der Waals surface area contributed by atoms with E-state index in [-0.39, 0.29) is 0 Å². The number of rotatable bonds is 4. The van der Waals surface area contributed by atoms with E-state index in [1.54, 1.807) is 11.3 Å². The molecule has 1 aliphatic rings. The van der Waals surface area contributed by atoms with Crippen LogP contribution in [-0.4, -0.2) is 28.0 Å². The van der Waals surface area contributed by atoms with E-state index in [9.17, 15) is 0 Å². The number of hydrogen-bond acceptors (Lipinski definition) is 5. The molecule has 1 N–H and O–H groups in total. The van der Waals surface area contributed by atoms with Crippen molar-refractivity contribution in [2.45, 2.75) is 42.3 Å². The van der Waals surface area contributed by atoms with Crippen LogP contribution in [0.2, 0.25) is 0 Å². The van der Waals surface area contributed by atoms with Gasteiger partial charge in [0.15, 0.2) is 4.34 Å². The summed E-state index contributed by atoms with van der Waals surface area (Å²) in [7, 11) is 0. The quantitative estimate of drug-likeness (QED) is 0.881. The molecule has 0 aromatic carbocycles. The van der Waals surface area contributed by atoms with Gasteiger partial charge in [-0.3, -0.25) is 0 Å². The fraction of sp³-hybridized carbons (Fsp3) is 0.800. The van der Waals surface area contributed by atoms with Crippen LogP contribution in [0.15, 0.2) is 9.85 Å². The van der Waals surface area contributed by atoms with Crippen LogP contribution >= 0.6 is 23.1 Å². The van der Waals surface area contributed by atoms with Gasteiger partial charge in [0.2, 0.25) is 0 Å². The van der Waals surface area contributed by atoms with E-state index in [0.29, 0.717) is 11.3 Å². The third-order valence-electron chi connectivity index (χ3n) is 3.04. The fourth-order valence-electron chi connectivity index (χ4n) is 2.19. The number of hydrogen-bond donors (Lipinski definition) is 1. The molecule has 3 unspecified atom stereocenters. The van der Waals surface area contributed by atoms with Crippen molar-refractivity contribution in [3.05, 3.63) is 5.51 Å². The molecule has 0 aliphatic heterocycles. The van der Waals surface area contributed by atoms with Gasteiger partial charge in [-0.25, -0.2) is 0 Å². The van der Waals surface area contributed by atoms with E-state index in [1.165, 1.54) is 12.8 Å². The van der Waals surface area contributed by atoms with Crippen molar-refractivity contribution in [3.8, 4) is 0 Å². The lowest BCUT2D eigenvalue weighted by molar-refractivity contribution is 0.441. The topological polar surface area (TPSA) is 37.8 Å². The normalized spacial score (nSPS) is 30.9. The molecule has 0 amide bonds. The highest BCUT2D eigenvalue weighted by molar-refractivity contribution is 8.01. The van der Waals surface area contributed by atoms with Crippen molar-refractivity contribution in [1.82, 2.24) is 15.5 Å². The molecule has 15 heavy (non-hydrogen) atoms. The van der Waals surface area contributed by atoms with Crippen molar-refractivity contribution < 1.29 is 0 Å². The maximum Gasteiger partial charge on any atom is 0.174 e. The Balaban J connectivity index is 1.89. The van der Waals surface area contributed by atoms with E-state index in [0.717, 1.165) is 16.8 Å². The van der Waals surface area contributed by atoms with Gasteiger partial charge in [0.05, 0.1) is 0 Å². The van der Waals surface area contributed by atoms with E-state index >= 15 is 0 Å². The fourth-order valence-corrected chi connectivity index (χ4v) is 4.20. The molecule has 1 fully saturated rings. The Morgan fingerprint density at radius 1 is 1.60 bits per heavy atom. The van der Waals surface area contributed by atoms with Crippen LogP contribution in [0.25, 0.3) is 0 Å². The maximum absolute atomic E-state index is 4.10. The first kappa shape index (κ1) is 11.4. The van der Waals surface area contributed by atoms with E-state index in [1.807, 2.05) is 17.3 Å². The summed E-state index contributed by atoms with van der Waals surface area (Å²) in [6, 6.07) is 0.695. The van der Waals surface area contributed by atoms with Crippen molar-refractivity contribution in [3.63, 3.8) is 0 Å². The molecule has 1 aromatic heterocycles. The first-order valence-corrected chi connectivity index (χ1v) is 7.23. The molecule has 5 heteroatoms. The van der Waals surface area contributed by atoms with Crippen LogP contribution in [0.4, 0.5) is 0 Å². The largest absolute Gasteiger partial charge is 0.314 e. The van der Waals surface area contributed by atoms with Gasteiger partial charge in [-0.05, 0) is 25.3 Å². The highest BCUT2D eigenvalue weighted by Crippen LogP contribution is 2.39. The van der Waals surface area contributed by atoms with Crippen molar-refractivity contribution in [2.24, 2.45) is 5.92 Å². The predicted octanol–water partition coefficient (Wildman–Crippen LogP) is 2.41. The van der Waals surface area contributed by atoms with Gasteiger partial charge >= 0.3 is 0 Å². The molecular formula is C10H17N3S2. The molecule has 84 valence electrons. The molecule has 1 aliphatic carbocycles. The summed E-state index contributed by atoms with van der Waals surface area (Å²) in [6.45, 7) is 5.60. The Morgan fingerprint density at radius 2 is 2.47 bits per heavy atom. The van der Waals surface area contributed by atoms with Crippen LogP contribution in [-0.2, 0) is 0 Å². The standard InChI is InChI=1S/C10H17N3S2/c1-3-11-8-4-5-9(7(8)2)15-10-13-12-6-14-10/h6-9,11H,3-5H2,1-2H3. The minimum absolute atomic E-state index is 0.695. The second kappa shape index (κ2) is 5.27. The molecule has 1 heterocycles. The van der Waals surface area contributed by atoms with E-state index in [4.69, 9.17) is 0 Å². The first-order chi connectivity index (χ1) is 7.31. The van der Waals surface area contributed by atoms with Crippen LogP contribution in [0.3, 0.4) is 0 Å². The third kappa shape index (κ3) is 2.71. The predicted molar refractivity (Wildman–Crippen MR) is 65.4 cm³/mol. The molecule has 2 rings (SSSR count). The van der Waals surface area contributed by atoms with Gasteiger partial charge in [0.25, 0.3) is 0 Å². The molecule has 1 saturated carbocycles. The Labute approximate surface area is 99.1 Å². The van der Waals surface area contributed by atoms with Crippen LogP contribution in [0, 0.1) is 5.92 Å². The van der Waals surface area contributed by atoms with Gasteiger partial charge in [0.1, 0.15) is 5.51 Å². The van der Waals surface area contributed by atoms with Crippen molar-refractivity contribution in [2.75, 3.05) is 6.54 Å². The lowest BCUT2D eigenvalue weighted by Gasteiger charge is -2.19. The minimum atomic E-state index is 0.695. The summed E-state index contributed by atoms with van der Waals surface area (Å²) in [6.07, 6.45) is 2.59. The van der Waals surface area contributed by atoms with Gasteiger partial charge in [-0.1, -0.05) is 36.9 Å².